The van der Waals surface area contributed by atoms with Crippen LogP contribution in [0.4, 0.5) is 0 Å². The highest BCUT2D eigenvalue weighted by Gasteiger charge is 2.33. The van der Waals surface area contributed by atoms with E-state index in [9.17, 15) is 4.79 Å². The van der Waals surface area contributed by atoms with Crippen LogP contribution in [0.2, 0.25) is 0 Å². The van der Waals surface area contributed by atoms with Crippen LogP contribution in [-0.4, -0.2) is 30.1 Å². The van der Waals surface area contributed by atoms with Crippen molar-refractivity contribution in [2.75, 3.05) is 0 Å². The van der Waals surface area contributed by atoms with Gasteiger partial charge in [-0.05, 0) is 64.9 Å². The number of benzene rings is 2. The third-order valence-corrected chi connectivity index (χ3v) is 7.38. The topological polar surface area (TPSA) is 92.8 Å². The normalized spacial score (nSPS) is 15.1. The molecule has 0 radical (unpaired) electrons. The van der Waals surface area contributed by atoms with Gasteiger partial charge in [-0.15, -0.1) is 5.10 Å². The summed E-state index contributed by atoms with van der Waals surface area (Å²) in [4.78, 5) is 19.1. The van der Waals surface area contributed by atoms with Crippen molar-refractivity contribution in [1.82, 2.24) is 30.1 Å². The van der Waals surface area contributed by atoms with Crippen LogP contribution in [0.1, 0.15) is 66.0 Å². The number of hydrogen-bond donors (Lipinski definition) is 1. The minimum absolute atomic E-state index is 0.134. The summed E-state index contributed by atoms with van der Waals surface area (Å²) in [5.74, 6) is 1.50. The van der Waals surface area contributed by atoms with Crippen LogP contribution in [0.15, 0.2) is 82.2 Å². The fraction of sp³-hybridized carbons (Fsp3) is 0.310. The second kappa shape index (κ2) is 10.1. The molecule has 0 bridgehead atoms. The zero-order chi connectivity index (χ0) is 25.2. The van der Waals surface area contributed by atoms with E-state index in [0.29, 0.717) is 24.5 Å². The van der Waals surface area contributed by atoms with Crippen molar-refractivity contribution < 1.29 is 4.42 Å². The van der Waals surface area contributed by atoms with Crippen LogP contribution in [0, 0.1) is 6.92 Å². The van der Waals surface area contributed by atoms with Crippen molar-refractivity contribution in [3.05, 3.63) is 112 Å². The number of aryl methyl sites for hydroxylation is 1. The molecule has 37 heavy (non-hydrogen) atoms. The average Bonchev–Trinajstić information content (AvgIpc) is 3.69. The number of fused-ring (bicyclic) bond motifs is 1. The number of para-hydroxylation sites is 1. The predicted octanol–water partition coefficient (Wildman–Crippen LogP) is 5.32. The molecule has 1 N–H and O–H groups in total. The van der Waals surface area contributed by atoms with E-state index in [1.165, 1.54) is 0 Å². The molecule has 0 saturated heterocycles. The van der Waals surface area contributed by atoms with E-state index < -0.39 is 6.04 Å². The van der Waals surface area contributed by atoms with Gasteiger partial charge in [-0.2, -0.15) is 0 Å². The summed E-state index contributed by atoms with van der Waals surface area (Å²) in [5, 5.41) is 14.1. The molecule has 0 aliphatic heterocycles. The van der Waals surface area contributed by atoms with Crippen LogP contribution >= 0.6 is 0 Å². The monoisotopic (exact) mass is 494 g/mol. The fourth-order valence-electron chi connectivity index (χ4n) is 5.55. The van der Waals surface area contributed by atoms with Crippen molar-refractivity contribution in [3.8, 4) is 0 Å². The molecule has 2 aromatic carbocycles. The summed E-state index contributed by atoms with van der Waals surface area (Å²) in [5.41, 5.74) is 3.50. The molecule has 5 aromatic rings. The highest BCUT2D eigenvalue weighted by Crippen LogP contribution is 2.35. The molecule has 1 fully saturated rings. The lowest BCUT2D eigenvalue weighted by Gasteiger charge is -2.31. The Hall–Kier alpha value is -4.04. The first-order valence-corrected chi connectivity index (χ1v) is 12.9. The zero-order valence-corrected chi connectivity index (χ0v) is 20.9. The van der Waals surface area contributed by atoms with Gasteiger partial charge in [0.25, 0.3) is 5.56 Å². The molecule has 6 rings (SSSR count). The molecular formula is C29H30N6O2. The molecule has 3 aromatic heterocycles. The summed E-state index contributed by atoms with van der Waals surface area (Å²) in [6.07, 6.45) is 6.07. The van der Waals surface area contributed by atoms with Crippen molar-refractivity contribution in [2.45, 2.75) is 57.8 Å². The van der Waals surface area contributed by atoms with E-state index in [4.69, 9.17) is 4.42 Å². The number of H-pyrrole nitrogens is 1. The van der Waals surface area contributed by atoms with Crippen LogP contribution < -0.4 is 5.56 Å². The number of aromatic nitrogens is 5. The summed E-state index contributed by atoms with van der Waals surface area (Å²) in [7, 11) is 0. The fourth-order valence-corrected chi connectivity index (χ4v) is 5.55. The molecule has 1 aliphatic carbocycles. The van der Waals surface area contributed by atoms with E-state index in [1.807, 2.05) is 66.2 Å². The number of nitrogens with one attached hydrogen (secondary N) is 1. The SMILES string of the molecule is Cc1cccc2cc([C@@H](c3nnnn3C3CCCC3)N(Cc3ccccc3)Cc3ccco3)c(=O)[nH]c12. The molecule has 1 atom stereocenters. The Labute approximate surface area is 214 Å². The van der Waals surface area contributed by atoms with Gasteiger partial charge in [0.15, 0.2) is 5.82 Å². The Morgan fingerprint density at radius 2 is 1.89 bits per heavy atom. The number of rotatable bonds is 8. The van der Waals surface area contributed by atoms with Gasteiger partial charge in [0.2, 0.25) is 0 Å². The van der Waals surface area contributed by atoms with Gasteiger partial charge < -0.3 is 9.40 Å². The Balaban J connectivity index is 1.54. The second-order valence-corrected chi connectivity index (χ2v) is 9.89. The van der Waals surface area contributed by atoms with E-state index in [2.05, 4.69) is 37.5 Å². The second-order valence-electron chi connectivity index (χ2n) is 9.89. The smallest absolute Gasteiger partial charge is 0.253 e. The number of aromatic amines is 1. The summed E-state index contributed by atoms with van der Waals surface area (Å²) < 4.78 is 7.72. The van der Waals surface area contributed by atoms with Crippen LogP contribution in [0.25, 0.3) is 10.9 Å². The van der Waals surface area contributed by atoms with E-state index in [-0.39, 0.29) is 11.6 Å². The maximum absolute atomic E-state index is 13.7. The third-order valence-electron chi connectivity index (χ3n) is 7.38. The summed E-state index contributed by atoms with van der Waals surface area (Å²) in [6, 6.07) is 21.9. The van der Waals surface area contributed by atoms with Gasteiger partial charge in [0.05, 0.1) is 24.4 Å². The van der Waals surface area contributed by atoms with Gasteiger partial charge in [-0.25, -0.2) is 4.68 Å². The molecule has 0 unspecified atom stereocenters. The molecule has 3 heterocycles. The van der Waals surface area contributed by atoms with Crippen LogP contribution in [0.5, 0.6) is 0 Å². The first kappa shape index (κ1) is 23.4. The molecule has 0 spiro atoms. The van der Waals surface area contributed by atoms with Gasteiger partial charge in [0, 0.05) is 12.1 Å². The standard InChI is InChI=1S/C29H30N6O2/c1-20-9-7-12-22-17-25(29(36)30-26(20)22)27(28-31-32-33-35(28)23-13-5-6-14-23)34(19-24-15-8-16-37-24)18-21-10-3-2-4-11-21/h2-4,7-12,15-17,23,27H,5-6,13-14,18-19H2,1H3,(H,30,36)/t27-/m0/s1. The number of nitrogens with zero attached hydrogens (tertiary/aromatic N) is 5. The largest absolute Gasteiger partial charge is 0.468 e. The lowest BCUT2D eigenvalue weighted by atomic mass is 10.0. The molecule has 1 saturated carbocycles. The van der Waals surface area contributed by atoms with Crippen molar-refractivity contribution in [1.29, 1.82) is 0 Å². The number of pyridine rings is 1. The van der Waals surface area contributed by atoms with Gasteiger partial charge >= 0.3 is 0 Å². The summed E-state index contributed by atoms with van der Waals surface area (Å²) >= 11 is 0. The lowest BCUT2D eigenvalue weighted by molar-refractivity contribution is 0.176. The Morgan fingerprint density at radius 3 is 2.68 bits per heavy atom. The number of tetrazole rings is 1. The molecular weight excluding hydrogens is 464 g/mol. The minimum atomic E-state index is -0.477. The first-order chi connectivity index (χ1) is 18.2. The Bertz CT molecular complexity index is 1530. The van der Waals surface area contributed by atoms with Crippen molar-refractivity contribution in [3.63, 3.8) is 0 Å². The first-order valence-electron chi connectivity index (χ1n) is 12.9. The maximum atomic E-state index is 13.7. The van der Waals surface area contributed by atoms with Gasteiger partial charge in [-0.1, -0.05) is 61.4 Å². The predicted molar refractivity (Wildman–Crippen MR) is 141 cm³/mol. The van der Waals surface area contributed by atoms with Crippen LogP contribution in [-0.2, 0) is 13.1 Å². The quantitative estimate of drug-likeness (QED) is 0.314. The minimum Gasteiger partial charge on any atom is -0.468 e. The average molecular weight is 495 g/mol. The molecule has 8 heteroatoms. The van der Waals surface area contributed by atoms with Crippen molar-refractivity contribution >= 4 is 10.9 Å². The molecule has 188 valence electrons. The van der Waals surface area contributed by atoms with E-state index >= 15 is 0 Å². The number of hydrogen-bond acceptors (Lipinski definition) is 6. The Kier molecular flexibility index (Phi) is 6.40. The molecule has 0 amide bonds. The van der Waals surface area contributed by atoms with Gasteiger partial charge in [0.1, 0.15) is 11.8 Å². The van der Waals surface area contributed by atoms with E-state index in [1.54, 1.807) is 6.26 Å². The Morgan fingerprint density at radius 1 is 1.05 bits per heavy atom. The highest BCUT2D eigenvalue weighted by molar-refractivity contribution is 5.82. The summed E-state index contributed by atoms with van der Waals surface area (Å²) in [6.45, 7) is 3.10. The molecule has 8 nitrogen and oxygen atoms in total. The highest BCUT2D eigenvalue weighted by atomic mass is 16.3. The van der Waals surface area contributed by atoms with Crippen molar-refractivity contribution in [2.24, 2.45) is 0 Å². The van der Waals surface area contributed by atoms with E-state index in [0.717, 1.165) is 53.5 Å². The van der Waals surface area contributed by atoms with Gasteiger partial charge in [-0.3, -0.25) is 9.69 Å². The molecule has 1 aliphatic rings. The van der Waals surface area contributed by atoms with Crippen LogP contribution in [0.3, 0.4) is 0 Å². The zero-order valence-electron chi connectivity index (χ0n) is 20.9. The number of furan rings is 1. The third kappa shape index (κ3) is 4.72. The lowest BCUT2D eigenvalue weighted by Crippen LogP contribution is -2.35. The maximum Gasteiger partial charge on any atom is 0.253 e.